The van der Waals surface area contributed by atoms with Crippen LogP contribution >= 0.6 is 15.9 Å². The van der Waals surface area contributed by atoms with Gasteiger partial charge in [-0.05, 0) is 37.9 Å². The first-order valence-electron chi connectivity index (χ1n) is 5.44. The number of halogens is 1. The number of aryl methyl sites for hydroxylation is 1. The van der Waals surface area contributed by atoms with E-state index < -0.39 is 0 Å². The largest absolute Gasteiger partial charge is 0.504 e. The number of methoxy groups -OCH3 is 1. The maximum absolute atomic E-state index is 10.2. The zero-order valence-corrected chi connectivity index (χ0v) is 11.1. The van der Waals surface area contributed by atoms with Crippen molar-refractivity contribution in [2.75, 3.05) is 13.7 Å². The summed E-state index contributed by atoms with van der Waals surface area (Å²) in [5.74, 6) is 0.795. The third-order valence-corrected chi connectivity index (χ3v) is 4.10. The summed E-state index contributed by atoms with van der Waals surface area (Å²) in [5.41, 5.74) is 2.01. The van der Waals surface area contributed by atoms with E-state index in [1.807, 2.05) is 13.0 Å². The fourth-order valence-electron chi connectivity index (χ4n) is 2.18. The van der Waals surface area contributed by atoms with Crippen LogP contribution in [-0.4, -0.2) is 18.8 Å². The van der Waals surface area contributed by atoms with Gasteiger partial charge >= 0.3 is 0 Å². The number of hydrogen-bond acceptors (Lipinski definition) is 3. The molecule has 1 atom stereocenters. The zero-order chi connectivity index (χ0) is 11.7. The van der Waals surface area contributed by atoms with Gasteiger partial charge in [-0.15, -0.1) is 0 Å². The first-order valence-corrected chi connectivity index (χ1v) is 6.23. The van der Waals surface area contributed by atoms with Crippen molar-refractivity contribution in [3.05, 3.63) is 21.7 Å². The fourth-order valence-corrected chi connectivity index (χ4v) is 2.76. The fraction of sp³-hybridized carbons (Fsp3) is 0.500. The van der Waals surface area contributed by atoms with Crippen LogP contribution in [0.2, 0.25) is 0 Å². The molecule has 2 rings (SSSR count). The Balaban J connectivity index is 2.52. The monoisotopic (exact) mass is 285 g/mol. The molecule has 4 heteroatoms. The summed E-state index contributed by atoms with van der Waals surface area (Å²) >= 11 is 3.55. The van der Waals surface area contributed by atoms with Gasteiger partial charge in [-0.3, -0.25) is 0 Å². The van der Waals surface area contributed by atoms with Gasteiger partial charge in [0, 0.05) is 16.1 Å². The third kappa shape index (κ3) is 1.92. The van der Waals surface area contributed by atoms with Gasteiger partial charge in [-0.25, -0.2) is 0 Å². The van der Waals surface area contributed by atoms with Crippen LogP contribution in [0.1, 0.15) is 30.0 Å². The van der Waals surface area contributed by atoms with Gasteiger partial charge in [0.25, 0.3) is 0 Å². The average molecular weight is 286 g/mol. The van der Waals surface area contributed by atoms with Crippen LogP contribution in [-0.2, 0) is 0 Å². The first kappa shape index (κ1) is 11.7. The van der Waals surface area contributed by atoms with Crippen LogP contribution in [0.3, 0.4) is 0 Å². The van der Waals surface area contributed by atoms with Gasteiger partial charge in [-0.2, -0.15) is 0 Å². The van der Waals surface area contributed by atoms with Crippen molar-refractivity contribution in [1.82, 2.24) is 5.32 Å². The molecule has 0 saturated carbocycles. The molecule has 1 heterocycles. The molecule has 1 fully saturated rings. The lowest BCUT2D eigenvalue weighted by molar-refractivity contribution is 0.366. The Kier molecular flexibility index (Phi) is 3.40. The number of rotatable bonds is 2. The van der Waals surface area contributed by atoms with Crippen molar-refractivity contribution < 1.29 is 9.84 Å². The Morgan fingerprint density at radius 2 is 2.31 bits per heavy atom. The molecule has 3 nitrogen and oxygen atoms in total. The van der Waals surface area contributed by atoms with E-state index in [1.165, 1.54) is 0 Å². The van der Waals surface area contributed by atoms with E-state index in [4.69, 9.17) is 4.74 Å². The van der Waals surface area contributed by atoms with E-state index in [0.29, 0.717) is 5.75 Å². The van der Waals surface area contributed by atoms with Crippen LogP contribution < -0.4 is 10.1 Å². The van der Waals surface area contributed by atoms with Crippen molar-refractivity contribution in [3.63, 3.8) is 0 Å². The molecule has 16 heavy (non-hydrogen) atoms. The minimum atomic E-state index is 0.225. The summed E-state index contributed by atoms with van der Waals surface area (Å²) in [7, 11) is 1.58. The predicted molar refractivity (Wildman–Crippen MR) is 67.1 cm³/mol. The standard InChI is InChI=1S/C12H16BrNO2/c1-7-6-9(16-2)12(15)10(11(7)13)8-4-3-5-14-8/h6,8,14-15H,3-5H2,1-2H3. The van der Waals surface area contributed by atoms with Crippen LogP contribution in [0.4, 0.5) is 0 Å². The summed E-state index contributed by atoms with van der Waals surface area (Å²) in [6.45, 7) is 3.01. The lowest BCUT2D eigenvalue weighted by atomic mass is 10.0. The second-order valence-electron chi connectivity index (χ2n) is 4.12. The highest BCUT2D eigenvalue weighted by molar-refractivity contribution is 9.10. The second-order valence-corrected chi connectivity index (χ2v) is 4.91. The predicted octanol–water partition coefficient (Wildman–Crippen LogP) is 2.90. The van der Waals surface area contributed by atoms with Gasteiger partial charge in [0.2, 0.25) is 0 Å². The SMILES string of the molecule is COc1cc(C)c(Br)c(C2CCCN2)c1O. The molecular weight excluding hydrogens is 270 g/mol. The van der Waals surface area contributed by atoms with Crippen molar-refractivity contribution in [3.8, 4) is 11.5 Å². The van der Waals surface area contributed by atoms with E-state index in [-0.39, 0.29) is 11.8 Å². The summed E-state index contributed by atoms with van der Waals surface area (Å²) in [6.07, 6.45) is 2.20. The van der Waals surface area contributed by atoms with Gasteiger partial charge in [0.05, 0.1) is 7.11 Å². The molecule has 0 amide bonds. The van der Waals surface area contributed by atoms with E-state index in [2.05, 4.69) is 21.2 Å². The third-order valence-electron chi connectivity index (χ3n) is 3.05. The van der Waals surface area contributed by atoms with Crippen molar-refractivity contribution >= 4 is 15.9 Å². The molecule has 1 saturated heterocycles. The average Bonchev–Trinajstić information content (AvgIpc) is 2.77. The molecule has 0 spiro atoms. The number of aromatic hydroxyl groups is 1. The van der Waals surface area contributed by atoms with E-state index in [1.54, 1.807) is 7.11 Å². The molecule has 1 aromatic carbocycles. The lowest BCUT2D eigenvalue weighted by Gasteiger charge is -2.18. The quantitative estimate of drug-likeness (QED) is 0.878. The molecule has 2 N–H and O–H groups in total. The van der Waals surface area contributed by atoms with Gasteiger partial charge in [-0.1, -0.05) is 15.9 Å². The zero-order valence-electron chi connectivity index (χ0n) is 9.51. The topological polar surface area (TPSA) is 41.5 Å². The molecule has 1 aliphatic heterocycles. The molecule has 0 radical (unpaired) electrons. The first-order chi connectivity index (χ1) is 7.65. The second kappa shape index (κ2) is 4.63. The Morgan fingerprint density at radius 1 is 1.56 bits per heavy atom. The van der Waals surface area contributed by atoms with E-state index in [9.17, 15) is 5.11 Å². The van der Waals surface area contributed by atoms with Crippen molar-refractivity contribution in [2.45, 2.75) is 25.8 Å². The van der Waals surface area contributed by atoms with Crippen molar-refractivity contribution in [1.29, 1.82) is 0 Å². The Hall–Kier alpha value is -0.740. The number of benzene rings is 1. The highest BCUT2D eigenvalue weighted by Crippen LogP contribution is 2.43. The summed E-state index contributed by atoms with van der Waals surface area (Å²) in [4.78, 5) is 0. The minimum Gasteiger partial charge on any atom is -0.504 e. The molecule has 88 valence electrons. The van der Waals surface area contributed by atoms with Gasteiger partial charge in [0.1, 0.15) is 0 Å². The number of nitrogens with one attached hydrogen (secondary N) is 1. The Labute approximate surface area is 104 Å². The molecule has 1 aromatic rings. The van der Waals surface area contributed by atoms with Gasteiger partial charge in [0.15, 0.2) is 11.5 Å². The number of hydrogen-bond donors (Lipinski definition) is 2. The Morgan fingerprint density at radius 3 is 2.88 bits per heavy atom. The van der Waals surface area contributed by atoms with Crippen LogP contribution in [0, 0.1) is 6.92 Å². The van der Waals surface area contributed by atoms with Crippen LogP contribution in [0.15, 0.2) is 10.5 Å². The lowest BCUT2D eigenvalue weighted by Crippen LogP contribution is -2.14. The Bertz CT molecular complexity index is 400. The normalized spacial score (nSPS) is 20.1. The molecule has 0 aliphatic carbocycles. The molecule has 1 unspecified atom stereocenters. The summed E-state index contributed by atoms with van der Waals surface area (Å²) in [5, 5.41) is 13.5. The summed E-state index contributed by atoms with van der Waals surface area (Å²) < 4.78 is 6.16. The number of phenolic OH excluding ortho intramolecular Hbond substituents is 1. The summed E-state index contributed by atoms with van der Waals surface area (Å²) in [6, 6.07) is 2.07. The van der Waals surface area contributed by atoms with Crippen LogP contribution in [0.25, 0.3) is 0 Å². The van der Waals surface area contributed by atoms with Gasteiger partial charge < -0.3 is 15.2 Å². The molecule has 1 aliphatic rings. The maximum Gasteiger partial charge on any atom is 0.163 e. The van der Waals surface area contributed by atoms with Crippen molar-refractivity contribution in [2.24, 2.45) is 0 Å². The smallest absolute Gasteiger partial charge is 0.163 e. The van der Waals surface area contributed by atoms with E-state index >= 15 is 0 Å². The highest BCUT2D eigenvalue weighted by atomic mass is 79.9. The van der Waals surface area contributed by atoms with Crippen LogP contribution in [0.5, 0.6) is 11.5 Å². The molecule has 0 bridgehead atoms. The molecule has 0 aromatic heterocycles. The van der Waals surface area contributed by atoms with E-state index in [0.717, 1.165) is 35.0 Å². The number of phenols is 1. The minimum absolute atomic E-state index is 0.225. The molecular formula is C12H16BrNO2. The highest BCUT2D eigenvalue weighted by Gasteiger charge is 2.25. The number of ether oxygens (including phenoxy) is 1. The maximum atomic E-state index is 10.2.